The fourth-order valence-electron chi connectivity index (χ4n) is 2.21. The lowest BCUT2D eigenvalue weighted by molar-refractivity contribution is 0.367. The van der Waals surface area contributed by atoms with Gasteiger partial charge in [-0.1, -0.05) is 39.5 Å². The smallest absolute Gasteiger partial charge is 0.0701 e. The van der Waals surface area contributed by atoms with Crippen molar-refractivity contribution in [2.75, 3.05) is 7.05 Å². The number of rotatable bonds is 8. The van der Waals surface area contributed by atoms with E-state index in [0.717, 1.165) is 5.92 Å². The first-order valence-electron chi connectivity index (χ1n) is 6.63. The van der Waals surface area contributed by atoms with Crippen LogP contribution in [0.25, 0.3) is 0 Å². The summed E-state index contributed by atoms with van der Waals surface area (Å²) in [5.74, 6) is 0.855. The van der Waals surface area contributed by atoms with Gasteiger partial charge in [0.05, 0.1) is 3.79 Å². The van der Waals surface area contributed by atoms with Gasteiger partial charge >= 0.3 is 0 Å². The third-order valence-corrected chi connectivity index (χ3v) is 5.14. The quantitative estimate of drug-likeness (QED) is 0.679. The van der Waals surface area contributed by atoms with Crippen LogP contribution in [0.2, 0.25) is 0 Å². The van der Waals surface area contributed by atoms with Gasteiger partial charge in [0.2, 0.25) is 0 Å². The van der Waals surface area contributed by atoms with Gasteiger partial charge in [0.15, 0.2) is 0 Å². The lowest BCUT2D eigenvalue weighted by Gasteiger charge is -2.21. The Morgan fingerprint density at radius 1 is 1.35 bits per heavy atom. The summed E-state index contributed by atoms with van der Waals surface area (Å²) < 4.78 is 1.23. The first kappa shape index (κ1) is 15.2. The van der Waals surface area contributed by atoms with Crippen LogP contribution in [0.5, 0.6) is 0 Å². The molecule has 0 amide bonds. The molecular weight excluding hydrogens is 294 g/mol. The number of hydrogen-bond acceptors (Lipinski definition) is 2. The molecular formula is C14H24BrNS. The Morgan fingerprint density at radius 2 is 2.12 bits per heavy atom. The van der Waals surface area contributed by atoms with Crippen LogP contribution in [0.3, 0.4) is 0 Å². The minimum absolute atomic E-state index is 0.521. The number of hydrogen-bond donors (Lipinski definition) is 1. The average molecular weight is 318 g/mol. The molecule has 0 aliphatic carbocycles. The first-order valence-corrected chi connectivity index (χ1v) is 8.24. The molecule has 0 radical (unpaired) electrons. The Hall–Kier alpha value is 0.140. The van der Waals surface area contributed by atoms with Gasteiger partial charge < -0.3 is 5.32 Å². The molecule has 0 aliphatic rings. The SMILES string of the molecule is CCCCC(CC)CC(NC)c1ccc(Br)s1. The van der Waals surface area contributed by atoms with Crippen molar-refractivity contribution in [3.05, 3.63) is 20.8 Å². The highest BCUT2D eigenvalue weighted by molar-refractivity contribution is 9.11. The zero-order valence-electron chi connectivity index (χ0n) is 11.1. The van der Waals surface area contributed by atoms with Crippen LogP contribution in [0, 0.1) is 5.92 Å². The van der Waals surface area contributed by atoms with Crippen LogP contribution < -0.4 is 5.32 Å². The highest BCUT2D eigenvalue weighted by atomic mass is 79.9. The van der Waals surface area contributed by atoms with Crippen LogP contribution in [-0.4, -0.2) is 7.05 Å². The molecule has 1 aromatic heterocycles. The van der Waals surface area contributed by atoms with Crippen LogP contribution in [0.15, 0.2) is 15.9 Å². The molecule has 0 spiro atoms. The Kier molecular flexibility index (Phi) is 7.40. The Balaban J connectivity index is 2.55. The fourth-order valence-corrected chi connectivity index (χ4v) is 3.75. The zero-order chi connectivity index (χ0) is 12.7. The van der Waals surface area contributed by atoms with Crippen molar-refractivity contribution in [2.45, 2.75) is 52.0 Å². The Labute approximate surface area is 118 Å². The largest absolute Gasteiger partial charge is 0.312 e. The van der Waals surface area contributed by atoms with E-state index in [1.54, 1.807) is 0 Å². The number of unbranched alkanes of at least 4 members (excludes halogenated alkanes) is 1. The van der Waals surface area contributed by atoms with E-state index in [0.29, 0.717) is 6.04 Å². The van der Waals surface area contributed by atoms with Gasteiger partial charge in [0.25, 0.3) is 0 Å². The summed E-state index contributed by atoms with van der Waals surface area (Å²) in [6, 6.07) is 4.91. The molecule has 1 rings (SSSR count). The molecule has 0 saturated carbocycles. The molecule has 17 heavy (non-hydrogen) atoms. The van der Waals surface area contributed by atoms with Crippen molar-refractivity contribution in [3.8, 4) is 0 Å². The van der Waals surface area contributed by atoms with Gasteiger partial charge in [0.1, 0.15) is 0 Å². The molecule has 98 valence electrons. The molecule has 1 nitrogen and oxygen atoms in total. The van der Waals surface area contributed by atoms with Crippen LogP contribution in [0.1, 0.15) is 56.9 Å². The molecule has 0 aliphatic heterocycles. The van der Waals surface area contributed by atoms with E-state index in [4.69, 9.17) is 0 Å². The second kappa shape index (κ2) is 8.28. The van der Waals surface area contributed by atoms with E-state index in [9.17, 15) is 0 Å². The fraction of sp³-hybridized carbons (Fsp3) is 0.714. The van der Waals surface area contributed by atoms with Gasteiger partial charge in [0, 0.05) is 10.9 Å². The van der Waals surface area contributed by atoms with Crippen molar-refractivity contribution < 1.29 is 0 Å². The molecule has 2 atom stereocenters. The van der Waals surface area contributed by atoms with Gasteiger partial charge in [-0.2, -0.15) is 0 Å². The molecule has 0 fully saturated rings. The van der Waals surface area contributed by atoms with Crippen LogP contribution >= 0.6 is 27.3 Å². The maximum absolute atomic E-state index is 3.55. The minimum Gasteiger partial charge on any atom is -0.312 e. The Morgan fingerprint density at radius 3 is 2.59 bits per heavy atom. The molecule has 3 heteroatoms. The highest BCUT2D eigenvalue weighted by Gasteiger charge is 2.16. The van der Waals surface area contributed by atoms with Crippen molar-refractivity contribution >= 4 is 27.3 Å². The summed E-state index contributed by atoms with van der Waals surface area (Å²) in [6.07, 6.45) is 6.61. The van der Waals surface area contributed by atoms with Gasteiger partial charge in [-0.05, 0) is 47.4 Å². The molecule has 1 N–H and O–H groups in total. The van der Waals surface area contributed by atoms with E-state index >= 15 is 0 Å². The van der Waals surface area contributed by atoms with Crippen LogP contribution in [0.4, 0.5) is 0 Å². The zero-order valence-corrected chi connectivity index (χ0v) is 13.5. The molecule has 1 aromatic rings. The lowest BCUT2D eigenvalue weighted by atomic mass is 9.91. The Bertz CT molecular complexity index is 311. The summed E-state index contributed by atoms with van der Waals surface area (Å²) in [5, 5.41) is 3.46. The monoisotopic (exact) mass is 317 g/mol. The van der Waals surface area contributed by atoms with E-state index in [-0.39, 0.29) is 0 Å². The predicted octanol–water partition coefficient (Wildman–Crippen LogP) is 5.38. The number of nitrogens with one attached hydrogen (secondary N) is 1. The van der Waals surface area contributed by atoms with Gasteiger partial charge in [-0.3, -0.25) is 0 Å². The summed E-state index contributed by atoms with van der Waals surface area (Å²) in [4.78, 5) is 1.45. The molecule has 0 bridgehead atoms. The van der Waals surface area contributed by atoms with E-state index in [2.05, 4.69) is 54.3 Å². The average Bonchev–Trinajstić information content (AvgIpc) is 2.76. The summed E-state index contributed by atoms with van der Waals surface area (Å²) in [6.45, 7) is 4.59. The molecule has 0 saturated heterocycles. The third kappa shape index (κ3) is 5.11. The summed E-state index contributed by atoms with van der Waals surface area (Å²) >= 11 is 5.40. The van der Waals surface area contributed by atoms with E-state index in [1.807, 2.05) is 11.3 Å². The lowest BCUT2D eigenvalue weighted by Crippen LogP contribution is -2.18. The minimum atomic E-state index is 0.521. The molecule has 1 heterocycles. The highest BCUT2D eigenvalue weighted by Crippen LogP contribution is 2.32. The van der Waals surface area contributed by atoms with Crippen molar-refractivity contribution in [2.24, 2.45) is 5.92 Å². The summed E-state index contributed by atoms with van der Waals surface area (Å²) in [5.41, 5.74) is 0. The normalized spacial score (nSPS) is 14.8. The second-order valence-corrected chi connectivity index (χ2v) is 7.13. The van der Waals surface area contributed by atoms with Crippen molar-refractivity contribution in [1.82, 2.24) is 5.32 Å². The first-order chi connectivity index (χ1) is 8.21. The van der Waals surface area contributed by atoms with Gasteiger partial charge in [-0.15, -0.1) is 11.3 Å². The standard InChI is InChI=1S/C14H24BrNS/c1-4-6-7-11(5-2)10-12(16-3)13-8-9-14(15)17-13/h8-9,11-12,16H,4-7,10H2,1-3H3. The topological polar surface area (TPSA) is 12.0 Å². The van der Waals surface area contributed by atoms with E-state index in [1.165, 1.54) is 40.8 Å². The summed E-state index contributed by atoms with van der Waals surface area (Å²) in [7, 11) is 2.07. The van der Waals surface area contributed by atoms with Gasteiger partial charge in [-0.25, -0.2) is 0 Å². The van der Waals surface area contributed by atoms with Crippen LogP contribution in [-0.2, 0) is 0 Å². The number of halogens is 1. The van der Waals surface area contributed by atoms with Crippen molar-refractivity contribution in [3.63, 3.8) is 0 Å². The number of thiophene rings is 1. The second-order valence-electron chi connectivity index (χ2n) is 4.64. The third-order valence-electron chi connectivity index (χ3n) is 3.40. The maximum Gasteiger partial charge on any atom is 0.0701 e. The van der Waals surface area contributed by atoms with Crippen molar-refractivity contribution in [1.29, 1.82) is 0 Å². The van der Waals surface area contributed by atoms with E-state index < -0.39 is 0 Å². The predicted molar refractivity (Wildman–Crippen MR) is 81.7 cm³/mol. The molecule has 2 unspecified atom stereocenters. The molecule has 0 aromatic carbocycles. The maximum atomic E-state index is 3.55.